The molecule has 2 nitrogen and oxygen atoms in total. The number of hydrogen-bond acceptors (Lipinski definition) is 1. The van der Waals surface area contributed by atoms with Crippen LogP contribution < -0.4 is 5.32 Å². The lowest BCUT2D eigenvalue weighted by molar-refractivity contribution is -0.122. The standard InChI is InChI=1S/C14H26ClNO/c1-2-12(8-9-15)11-16-14(17)10-13-6-4-3-5-7-13/h12-13H,2-11H2,1H3,(H,16,17). The molecule has 1 rings (SSSR count). The van der Waals surface area contributed by atoms with Crippen LogP contribution in [0.4, 0.5) is 0 Å². The zero-order chi connectivity index (χ0) is 12.5. The molecule has 0 aromatic carbocycles. The van der Waals surface area contributed by atoms with Crippen molar-refractivity contribution < 1.29 is 4.79 Å². The Morgan fingerprint density at radius 1 is 1.35 bits per heavy atom. The molecule has 0 aromatic heterocycles. The molecule has 3 heteroatoms. The van der Waals surface area contributed by atoms with Gasteiger partial charge in [0, 0.05) is 18.8 Å². The maximum absolute atomic E-state index is 11.8. The highest BCUT2D eigenvalue weighted by Gasteiger charge is 2.17. The van der Waals surface area contributed by atoms with Gasteiger partial charge in [-0.25, -0.2) is 0 Å². The van der Waals surface area contributed by atoms with Crippen molar-refractivity contribution in [3.63, 3.8) is 0 Å². The largest absolute Gasteiger partial charge is 0.356 e. The zero-order valence-electron chi connectivity index (χ0n) is 11.0. The van der Waals surface area contributed by atoms with E-state index in [1.54, 1.807) is 0 Å². The predicted octanol–water partition coefficient (Wildman–Crippen LogP) is 3.73. The van der Waals surface area contributed by atoms with Crippen molar-refractivity contribution in [1.82, 2.24) is 5.32 Å². The molecule has 1 amide bonds. The smallest absolute Gasteiger partial charge is 0.220 e. The third-order valence-corrected chi connectivity index (χ3v) is 4.10. The van der Waals surface area contributed by atoms with Crippen LogP contribution >= 0.6 is 11.6 Å². The maximum Gasteiger partial charge on any atom is 0.220 e. The fourth-order valence-electron chi connectivity index (χ4n) is 2.59. The SMILES string of the molecule is CCC(CCCl)CNC(=O)CC1CCCCC1. The van der Waals surface area contributed by atoms with Gasteiger partial charge in [-0.2, -0.15) is 0 Å². The molecule has 0 aromatic rings. The summed E-state index contributed by atoms with van der Waals surface area (Å²) in [4.78, 5) is 11.8. The van der Waals surface area contributed by atoms with Gasteiger partial charge in [-0.1, -0.05) is 32.6 Å². The van der Waals surface area contributed by atoms with E-state index >= 15 is 0 Å². The lowest BCUT2D eigenvalue weighted by atomic mass is 9.87. The van der Waals surface area contributed by atoms with Crippen molar-refractivity contribution in [3.05, 3.63) is 0 Å². The van der Waals surface area contributed by atoms with Crippen LogP contribution in [0.15, 0.2) is 0 Å². The van der Waals surface area contributed by atoms with Crippen LogP contribution in [0.5, 0.6) is 0 Å². The van der Waals surface area contributed by atoms with Crippen molar-refractivity contribution in [3.8, 4) is 0 Å². The van der Waals surface area contributed by atoms with Crippen molar-refractivity contribution >= 4 is 17.5 Å². The van der Waals surface area contributed by atoms with E-state index in [1.807, 2.05) is 0 Å². The minimum atomic E-state index is 0.241. The van der Waals surface area contributed by atoms with Gasteiger partial charge in [0.1, 0.15) is 0 Å². The molecule has 0 spiro atoms. The molecule has 1 unspecified atom stereocenters. The first-order valence-electron chi connectivity index (χ1n) is 7.09. The molecule has 0 bridgehead atoms. The number of halogens is 1. The Balaban J connectivity index is 2.14. The number of amides is 1. The van der Waals surface area contributed by atoms with E-state index < -0.39 is 0 Å². The van der Waals surface area contributed by atoms with Crippen molar-refractivity contribution in [1.29, 1.82) is 0 Å². The Kier molecular flexibility index (Phi) is 7.67. The minimum Gasteiger partial charge on any atom is -0.356 e. The second-order valence-electron chi connectivity index (χ2n) is 5.26. The molecule has 0 saturated heterocycles. The number of alkyl halides is 1. The van der Waals surface area contributed by atoms with E-state index in [1.165, 1.54) is 32.1 Å². The molecule has 100 valence electrons. The van der Waals surface area contributed by atoms with Crippen LogP contribution in [0.25, 0.3) is 0 Å². The van der Waals surface area contributed by atoms with E-state index in [2.05, 4.69) is 12.2 Å². The maximum atomic E-state index is 11.8. The summed E-state index contributed by atoms with van der Waals surface area (Å²) < 4.78 is 0. The third kappa shape index (κ3) is 6.30. The Hall–Kier alpha value is -0.240. The Morgan fingerprint density at radius 2 is 2.06 bits per heavy atom. The summed E-state index contributed by atoms with van der Waals surface area (Å²) in [6, 6.07) is 0. The molecule has 1 aliphatic rings. The van der Waals surface area contributed by atoms with Crippen LogP contribution in [0.3, 0.4) is 0 Å². The molecular formula is C14H26ClNO. The first kappa shape index (κ1) is 14.8. The quantitative estimate of drug-likeness (QED) is 0.694. The summed E-state index contributed by atoms with van der Waals surface area (Å²) in [5, 5.41) is 3.07. The van der Waals surface area contributed by atoms with E-state index in [4.69, 9.17) is 11.6 Å². The van der Waals surface area contributed by atoms with Gasteiger partial charge >= 0.3 is 0 Å². The van der Waals surface area contributed by atoms with Crippen LogP contribution in [-0.2, 0) is 4.79 Å². The van der Waals surface area contributed by atoms with E-state index in [0.29, 0.717) is 17.7 Å². The second kappa shape index (κ2) is 8.79. The molecule has 17 heavy (non-hydrogen) atoms. The van der Waals surface area contributed by atoms with Gasteiger partial charge in [-0.05, 0) is 31.1 Å². The van der Waals surface area contributed by atoms with Crippen molar-refractivity contribution in [2.75, 3.05) is 12.4 Å². The van der Waals surface area contributed by atoms with E-state index in [0.717, 1.165) is 25.8 Å². The molecule has 0 radical (unpaired) electrons. The molecule has 1 atom stereocenters. The summed E-state index contributed by atoms with van der Waals surface area (Å²) in [6.45, 7) is 2.96. The second-order valence-corrected chi connectivity index (χ2v) is 5.64. The first-order valence-corrected chi connectivity index (χ1v) is 7.62. The average molecular weight is 260 g/mol. The highest BCUT2D eigenvalue weighted by Crippen LogP contribution is 2.26. The first-order chi connectivity index (χ1) is 8.26. The summed E-state index contributed by atoms with van der Waals surface area (Å²) in [5.74, 6) is 2.11. The number of carbonyl (C=O) groups excluding carboxylic acids is 1. The molecule has 0 heterocycles. The number of carbonyl (C=O) groups is 1. The number of nitrogens with one attached hydrogen (secondary N) is 1. The zero-order valence-corrected chi connectivity index (χ0v) is 11.8. The van der Waals surface area contributed by atoms with Gasteiger partial charge in [0.05, 0.1) is 0 Å². The van der Waals surface area contributed by atoms with Crippen molar-refractivity contribution in [2.45, 2.75) is 58.3 Å². The lowest BCUT2D eigenvalue weighted by Gasteiger charge is -2.21. The average Bonchev–Trinajstić information content (AvgIpc) is 2.35. The highest BCUT2D eigenvalue weighted by molar-refractivity contribution is 6.17. The van der Waals surface area contributed by atoms with Gasteiger partial charge in [-0.15, -0.1) is 11.6 Å². The van der Waals surface area contributed by atoms with Crippen LogP contribution in [0.1, 0.15) is 58.3 Å². The van der Waals surface area contributed by atoms with Gasteiger partial charge < -0.3 is 5.32 Å². The molecule has 1 saturated carbocycles. The van der Waals surface area contributed by atoms with Gasteiger partial charge in [0.15, 0.2) is 0 Å². The summed E-state index contributed by atoms with van der Waals surface area (Å²) in [6.07, 6.45) is 9.28. The third-order valence-electron chi connectivity index (χ3n) is 3.88. The molecule has 1 N–H and O–H groups in total. The number of rotatable bonds is 7. The Bertz CT molecular complexity index is 214. The van der Waals surface area contributed by atoms with E-state index in [-0.39, 0.29) is 5.91 Å². The number of hydrogen-bond donors (Lipinski definition) is 1. The predicted molar refractivity (Wildman–Crippen MR) is 73.3 cm³/mol. The topological polar surface area (TPSA) is 29.1 Å². The fraction of sp³-hybridized carbons (Fsp3) is 0.929. The van der Waals surface area contributed by atoms with Gasteiger partial charge in [-0.3, -0.25) is 4.79 Å². The molecular weight excluding hydrogens is 234 g/mol. The Labute approximate surface area is 110 Å². The van der Waals surface area contributed by atoms with Gasteiger partial charge in [0.2, 0.25) is 5.91 Å². The Morgan fingerprint density at radius 3 is 2.65 bits per heavy atom. The summed E-state index contributed by atoms with van der Waals surface area (Å²) in [7, 11) is 0. The lowest BCUT2D eigenvalue weighted by Crippen LogP contribution is -2.31. The molecule has 0 aliphatic heterocycles. The van der Waals surface area contributed by atoms with E-state index in [9.17, 15) is 4.79 Å². The van der Waals surface area contributed by atoms with Crippen molar-refractivity contribution in [2.24, 2.45) is 11.8 Å². The fourth-order valence-corrected chi connectivity index (χ4v) is 2.90. The summed E-state index contributed by atoms with van der Waals surface area (Å²) in [5.41, 5.74) is 0. The molecule has 1 aliphatic carbocycles. The minimum absolute atomic E-state index is 0.241. The highest BCUT2D eigenvalue weighted by atomic mass is 35.5. The monoisotopic (exact) mass is 259 g/mol. The van der Waals surface area contributed by atoms with Crippen LogP contribution in [0, 0.1) is 11.8 Å². The van der Waals surface area contributed by atoms with Gasteiger partial charge in [0.25, 0.3) is 0 Å². The molecule has 1 fully saturated rings. The normalized spacial score (nSPS) is 18.9. The summed E-state index contributed by atoms with van der Waals surface area (Å²) >= 11 is 5.73. The van der Waals surface area contributed by atoms with Crippen LogP contribution in [0.2, 0.25) is 0 Å². The van der Waals surface area contributed by atoms with Crippen LogP contribution in [-0.4, -0.2) is 18.3 Å².